The summed E-state index contributed by atoms with van der Waals surface area (Å²) in [5.74, 6) is 1.43. The topological polar surface area (TPSA) is 54.2 Å². The Balaban J connectivity index is 1.84. The third-order valence-electron chi connectivity index (χ3n) is 3.46. The molecule has 1 unspecified atom stereocenters. The van der Waals surface area contributed by atoms with Gasteiger partial charge in [-0.3, -0.25) is 4.90 Å². The molecular weight excluding hydrogens is 240 g/mol. The molecule has 0 radical (unpaired) electrons. The molecule has 0 saturated carbocycles. The maximum Gasteiger partial charge on any atom is 0.230 e. The summed E-state index contributed by atoms with van der Waals surface area (Å²) < 4.78 is 5.72. The number of aromatic nitrogens is 2. The zero-order chi connectivity index (χ0) is 13.9. The summed E-state index contributed by atoms with van der Waals surface area (Å²) >= 11 is 0. The van der Waals surface area contributed by atoms with Crippen LogP contribution in [0.15, 0.2) is 4.42 Å². The Morgan fingerprint density at radius 3 is 2.68 bits per heavy atom. The SMILES string of the molecule is CN(Cc1nnc(C(C)(C)C)o1)CC1CCCCN1. The molecule has 2 rings (SSSR count). The lowest BCUT2D eigenvalue weighted by molar-refractivity contribution is 0.232. The molecule has 5 heteroatoms. The van der Waals surface area contributed by atoms with Crippen molar-refractivity contribution >= 4 is 0 Å². The standard InChI is InChI=1S/C14H26N4O/c1-14(2,3)13-17-16-12(19-13)10-18(4)9-11-7-5-6-8-15-11/h11,15H,5-10H2,1-4H3. The second kappa shape index (κ2) is 6.01. The zero-order valence-electron chi connectivity index (χ0n) is 12.6. The zero-order valence-corrected chi connectivity index (χ0v) is 12.6. The van der Waals surface area contributed by atoms with Gasteiger partial charge in [-0.25, -0.2) is 0 Å². The van der Waals surface area contributed by atoms with Gasteiger partial charge in [-0.2, -0.15) is 0 Å². The summed E-state index contributed by atoms with van der Waals surface area (Å²) in [7, 11) is 2.11. The van der Waals surface area contributed by atoms with Gasteiger partial charge in [-0.1, -0.05) is 27.2 Å². The summed E-state index contributed by atoms with van der Waals surface area (Å²) in [6.07, 6.45) is 3.90. The van der Waals surface area contributed by atoms with Crippen molar-refractivity contribution in [2.75, 3.05) is 20.1 Å². The van der Waals surface area contributed by atoms with E-state index in [4.69, 9.17) is 4.42 Å². The normalized spacial score (nSPS) is 21.0. The lowest BCUT2D eigenvalue weighted by Crippen LogP contribution is -2.42. The number of nitrogens with one attached hydrogen (secondary N) is 1. The van der Waals surface area contributed by atoms with E-state index in [1.165, 1.54) is 19.3 Å². The van der Waals surface area contributed by atoms with Crippen LogP contribution in [-0.4, -0.2) is 41.3 Å². The number of rotatable bonds is 4. The third kappa shape index (κ3) is 4.28. The molecule has 1 N–H and O–H groups in total. The number of piperidine rings is 1. The first-order valence-electron chi connectivity index (χ1n) is 7.20. The Morgan fingerprint density at radius 2 is 2.11 bits per heavy atom. The molecule has 0 spiro atoms. The van der Waals surface area contributed by atoms with Crippen LogP contribution in [-0.2, 0) is 12.0 Å². The molecule has 19 heavy (non-hydrogen) atoms. The van der Waals surface area contributed by atoms with Crippen LogP contribution >= 0.6 is 0 Å². The van der Waals surface area contributed by atoms with Gasteiger partial charge >= 0.3 is 0 Å². The maximum atomic E-state index is 5.72. The van der Waals surface area contributed by atoms with E-state index in [0.717, 1.165) is 19.6 Å². The summed E-state index contributed by atoms with van der Waals surface area (Å²) in [5.41, 5.74) is -0.0747. The number of likely N-dealkylation sites (N-methyl/N-ethyl adjacent to an activating group) is 1. The minimum atomic E-state index is -0.0747. The van der Waals surface area contributed by atoms with Crippen LogP contribution < -0.4 is 5.32 Å². The molecule has 0 aromatic carbocycles. The summed E-state index contributed by atoms with van der Waals surface area (Å²) in [5, 5.41) is 11.8. The smallest absolute Gasteiger partial charge is 0.230 e. The van der Waals surface area contributed by atoms with Gasteiger partial charge < -0.3 is 9.73 Å². The predicted octanol–water partition coefficient (Wildman–Crippen LogP) is 1.94. The largest absolute Gasteiger partial charge is 0.423 e. The minimum Gasteiger partial charge on any atom is -0.423 e. The lowest BCUT2D eigenvalue weighted by atomic mass is 9.97. The highest BCUT2D eigenvalue weighted by molar-refractivity contribution is 4.96. The highest BCUT2D eigenvalue weighted by Gasteiger charge is 2.22. The molecule has 0 amide bonds. The van der Waals surface area contributed by atoms with Crippen molar-refractivity contribution in [3.05, 3.63) is 11.8 Å². The van der Waals surface area contributed by atoms with E-state index in [1.807, 2.05) is 0 Å². The molecule has 1 aromatic heterocycles. The maximum absolute atomic E-state index is 5.72. The molecule has 1 aliphatic rings. The molecule has 1 aromatic rings. The minimum absolute atomic E-state index is 0.0747. The molecule has 0 bridgehead atoms. The molecule has 1 aliphatic heterocycles. The first-order chi connectivity index (χ1) is 8.95. The van der Waals surface area contributed by atoms with Crippen LogP contribution in [0.3, 0.4) is 0 Å². The van der Waals surface area contributed by atoms with E-state index in [9.17, 15) is 0 Å². The second-order valence-corrected chi connectivity index (χ2v) is 6.59. The van der Waals surface area contributed by atoms with Crippen LogP contribution in [0, 0.1) is 0 Å². The van der Waals surface area contributed by atoms with Crippen LogP contribution in [0.4, 0.5) is 0 Å². The van der Waals surface area contributed by atoms with Gasteiger partial charge in [-0.15, -0.1) is 10.2 Å². The average Bonchev–Trinajstić information content (AvgIpc) is 2.78. The van der Waals surface area contributed by atoms with Gasteiger partial charge in [0.2, 0.25) is 11.8 Å². The number of hydrogen-bond donors (Lipinski definition) is 1. The second-order valence-electron chi connectivity index (χ2n) is 6.59. The summed E-state index contributed by atoms with van der Waals surface area (Å²) in [6, 6.07) is 0.601. The van der Waals surface area contributed by atoms with Crippen molar-refractivity contribution in [3.63, 3.8) is 0 Å². The first kappa shape index (κ1) is 14.5. The molecule has 1 atom stereocenters. The molecule has 2 heterocycles. The van der Waals surface area contributed by atoms with Crippen LogP contribution in [0.25, 0.3) is 0 Å². The fraction of sp³-hybridized carbons (Fsp3) is 0.857. The van der Waals surface area contributed by atoms with Crippen molar-refractivity contribution in [2.45, 2.75) is 58.0 Å². The van der Waals surface area contributed by atoms with E-state index >= 15 is 0 Å². The van der Waals surface area contributed by atoms with Gasteiger partial charge in [0.25, 0.3) is 0 Å². The van der Waals surface area contributed by atoms with Crippen molar-refractivity contribution in [3.8, 4) is 0 Å². The number of hydrogen-bond acceptors (Lipinski definition) is 5. The first-order valence-corrected chi connectivity index (χ1v) is 7.20. The number of nitrogens with zero attached hydrogens (tertiary/aromatic N) is 3. The van der Waals surface area contributed by atoms with E-state index in [0.29, 0.717) is 17.8 Å². The van der Waals surface area contributed by atoms with Gasteiger partial charge in [0.05, 0.1) is 6.54 Å². The van der Waals surface area contributed by atoms with Crippen molar-refractivity contribution in [2.24, 2.45) is 0 Å². The highest BCUT2D eigenvalue weighted by Crippen LogP contribution is 2.20. The van der Waals surface area contributed by atoms with Gasteiger partial charge in [0, 0.05) is 18.0 Å². The van der Waals surface area contributed by atoms with Gasteiger partial charge in [-0.05, 0) is 26.4 Å². The third-order valence-corrected chi connectivity index (χ3v) is 3.46. The van der Waals surface area contributed by atoms with E-state index in [-0.39, 0.29) is 5.41 Å². The van der Waals surface area contributed by atoms with Crippen LogP contribution in [0.1, 0.15) is 51.8 Å². The predicted molar refractivity (Wildman–Crippen MR) is 75.0 cm³/mol. The Morgan fingerprint density at radius 1 is 1.32 bits per heavy atom. The Labute approximate surface area is 115 Å². The molecule has 108 valence electrons. The highest BCUT2D eigenvalue weighted by atomic mass is 16.4. The quantitative estimate of drug-likeness (QED) is 0.902. The average molecular weight is 266 g/mol. The molecule has 1 saturated heterocycles. The van der Waals surface area contributed by atoms with E-state index < -0.39 is 0 Å². The monoisotopic (exact) mass is 266 g/mol. The summed E-state index contributed by atoms with van der Waals surface area (Å²) in [6.45, 7) is 9.15. The van der Waals surface area contributed by atoms with E-state index in [2.05, 4.69) is 48.2 Å². The van der Waals surface area contributed by atoms with Crippen molar-refractivity contribution in [1.29, 1.82) is 0 Å². The Bertz CT molecular complexity index is 390. The molecule has 5 nitrogen and oxygen atoms in total. The van der Waals surface area contributed by atoms with Gasteiger partial charge in [0.1, 0.15) is 0 Å². The summed E-state index contributed by atoms with van der Waals surface area (Å²) in [4.78, 5) is 2.25. The lowest BCUT2D eigenvalue weighted by Gasteiger charge is -2.27. The molecule has 0 aliphatic carbocycles. The van der Waals surface area contributed by atoms with Crippen LogP contribution in [0.2, 0.25) is 0 Å². The Kier molecular flexibility index (Phi) is 4.58. The Hall–Kier alpha value is -0.940. The van der Waals surface area contributed by atoms with Crippen molar-refractivity contribution < 1.29 is 4.42 Å². The van der Waals surface area contributed by atoms with Gasteiger partial charge in [0.15, 0.2) is 0 Å². The van der Waals surface area contributed by atoms with E-state index in [1.54, 1.807) is 0 Å². The molecule has 1 fully saturated rings. The van der Waals surface area contributed by atoms with Crippen LogP contribution in [0.5, 0.6) is 0 Å². The van der Waals surface area contributed by atoms with Crippen molar-refractivity contribution in [1.82, 2.24) is 20.4 Å². The molecular formula is C14H26N4O. The fourth-order valence-corrected chi connectivity index (χ4v) is 2.37. The fourth-order valence-electron chi connectivity index (χ4n) is 2.37.